The van der Waals surface area contributed by atoms with Gasteiger partial charge >= 0.3 is 0 Å². The van der Waals surface area contributed by atoms with Crippen molar-refractivity contribution >= 4 is 34.9 Å². The predicted octanol–water partition coefficient (Wildman–Crippen LogP) is 5.47. The first-order valence-electron chi connectivity index (χ1n) is 13.9. The van der Waals surface area contributed by atoms with E-state index in [0.29, 0.717) is 52.1 Å². The number of alkyl halides is 1. The molecule has 3 aromatic rings. The first-order valence-corrected chi connectivity index (χ1v) is 14.7. The molecule has 2 aliphatic rings. The molecule has 1 unspecified atom stereocenters. The standard InChI is InChI=1S/C30H35Cl2FN6O2/c1-19(40)35-15-20-4-7-38(8-5-20)17-21-10-28(22-12-23(31)14-24(32)13-22)37-30(11-21)41-25-2-3-29(36-16-25)39-9-6-27(34)26(33)18-39/h2-3,10-14,16,20,26-27H,4-9,15,17-18,34H2,1H3,(H,35,40)/t26?,27-/m1/s1. The molecule has 4 heterocycles. The summed E-state index contributed by atoms with van der Waals surface area (Å²) in [7, 11) is 0. The number of carbonyl (C=O) groups excluding carboxylic acids is 1. The van der Waals surface area contributed by atoms with Crippen LogP contribution < -0.4 is 20.7 Å². The van der Waals surface area contributed by atoms with Crippen LogP contribution in [0.5, 0.6) is 11.6 Å². The topological polar surface area (TPSA) is 96.6 Å². The number of benzene rings is 1. The molecule has 2 atom stereocenters. The Morgan fingerprint density at radius 2 is 1.85 bits per heavy atom. The van der Waals surface area contributed by atoms with E-state index in [-0.39, 0.29) is 12.5 Å². The summed E-state index contributed by atoms with van der Waals surface area (Å²) >= 11 is 12.6. The van der Waals surface area contributed by atoms with Gasteiger partial charge in [0.15, 0.2) is 0 Å². The highest BCUT2D eigenvalue weighted by Gasteiger charge is 2.27. The van der Waals surface area contributed by atoms with Gasteiger partial charge in [0.25, 0.3) is 0 Å². The second-order valence-corrected chi connectivity index (χ2v) is 11.8. The van der Waals surface area contributed by atoms with E-state index in [0.717, 1.165) is 50.1 Å². The number of nitrogens with zero attached hydrogens (tertiary/aromatic N) is 4. The molecule has 1 aromatic carbocycles. The van der Waals surface area contributed by atoms with Gasteiger partial charge < -0.3 is 20.7 Å². The number of pyridine rings is 2. The van der Waals surface area contributed by atoms with Gasteiger partial charge in [-0.2, -0.15) is 0 Å². The van der Waals surface area contributed by atoms with Crippen molar-refractivity contribution in [2.75, 3.05) is 37.6 Å². The van der Waals surface area contributed by atoms with Crippen LogP contribution in [0.25, 0.3) is 11.3 Å². The van der Waals surface area contributed by atoms with Crippen molar-refractivity contribution in [2.45, 2.75) is 44.9 Å². The predicted molar refractivity (Wildman–Crippen MR) is 160 cm³/mol. The molecule has 0 bridgehead atoms. The van der Waals surface area contributed by atoms with Gasteiger partial charge in [-0.05, 0) is 80.2 Å². The second-order valence-electron chi connectivity index (χ2n) is 10.9. The fraction of sp³-hybridized carbons (Fsp3) is 0.433. The van der Waals surface area contributed by atoms with Crippen LogP contribution in [0.2, 0.25) is 10.0 Å². The average Bonchev–Trinajstić information content (AvgIpc) is 2.94. The van der Waals surface area contributed by atoms with Crippen molar-refractivity contribution in [2.24, 2.45) is 11.7 Å². The Morgan fingerprint density at radius 3 is 2.51 bits per heavy atom. The van der Waals surface area contributed by atoms with Gasteiger partial charge in [-0.25, -0.2) is 14.4 Å². The fourth-order valence-electron chi connectivity index (χ4n) is 5.32. The normalized spacial score (nSPS) is 20.2. The monoisotopic (exact) mass is 600 g/mol. The molecule has 2 aliphatic heterocycles. The number of ether oxygens (including phenoxy) is 1. The first-order chi connectivity index (χ1) is 19.7. The van der Waals surface area contributed by atoms with Crippen LogP contribution in [-0.2, 0) is 11.3 Å². The minimum Gasteiger partial charge on any atom is -0.437 e. The molecular formula is C30H35Cl2FN6O2. The molecule has 0 radical (unpaired) electrons. The quantitative estimate of drug-likeness (QED) is 0.354. The second kappa shape index (κ2) is 13.3. The van der Waals surface area contributed by atoms with Gasteiger partial charge in [-0.3, -0.25) is 9.69 Å². The molecule has 0 aliphatic carbocycles. The highest BCUT2D eigenvalue weighted by Crippen LogP contribution is 2.31. The van der Waals surface area contributed by atoms with Crippen LogP contribution in [0, 0.1) is 5.92 Å². The number of amides is 1. The Morgan fingerprint density at radius 1 is 1.10 bits per heavy atom. The Labute approximate surface area is 250 Å². The van der Waals surface area contributed by atoms with Crippen molar-refractivity contribution in [3.8, 4) is 22.9 Å². The van der Waals surface area contributed by atoms with Crippen molar-refractivity contribution in [3.05, 3.63) is 64.3 Å². The Bertz CT molecular complexity index is 1330. The molecule has 8 nitrogen and oxygen atoms in total. The van der Waals surface area contributed by atoms with E-state index in [9.17, 15) is 9.18 Å². The molecule has 11 heteroatoms. The third-order valence-corrected chi connectivity index (χ3v) is 8.07. The maximum absolute atomic E-state index is 14.1. The lowest BCUT2D eigenvalue weighted by atomic mass is 9.96. The van der Waals surface area contributed by atoms with Crippen LogP contribution in [0.1, 0.15) is 31.7 Å². The number of nitrogens with two attached hydrogens (primary N) is 1. The van der Waals surface area contributed by atoms with E-state index in [2.05, 4.69) is 15.2 Å². The van der Waals surface area contributed by atoms with E-state index < -0.39 is 12.2 Å². The lowest BCUT2D eigenvalue weighted by Gasteiger charge is -2.33. The number of piperidine rings is 2. The van der Waals surface area contributed by atoms with Crippen LogP contribution in [-0.4, -0.2) is 65.7 Å². The number of nitrogens with one attached hydrogen (secondary N) is 1. The molecule has 2 saturated heterocycles. The first kappa shape index (κ1) is 29.5. The van der Waals surface area contributed by atoms with Crippen LogP contribution in [0.15, 0.2) is 48.7 Å². The average molecular weight is 602 g/mol. The Kier molecular flexibility index (Phi) is 9.60. The van der Waals surface area contributed by atoms with Crippen molar-refractivity contribution in [1.82, 2.24) is 20.2 Å². The summed E-state index contributed by atoms with van der Waals surface area (Å²) in [4.78, 5) is 24.8. The zero-order valence-corrected chi connectivity index (χ0v) is 24.5. The largest absolute Gasteiger partial charge is 0.437 e. The Hall–Kier alpha value is -2.98. The summed E-state index contributed by atoms with van der Waals surface area (Å²) in [5.74, 6) is 2.14. The molecule has 1 amide bonds. The molecule has 218 valence electrons. The van der Waals surface area contributed by atoms with Crippen molar-refractivity contribution in [3.63, 3.8) is 0 Å². The molecule has 41 heavy (non-hydrogen) atoms. The molecule has 3 N–H and O–H groups in total. The summed E-state index contributed by atoms with van der Waals surface area (Å²) in [6, 6.07) is 12.5. The molecule has 5 rings (SSSR count). The van der Waals surface area contributed by atoms with Gasteiger partial charge in [0.2, 0.25) is 11.8 Å². The third-order valence-electron chi connectivity index (χ3n) is 7.63. The van der Waals surface area contributed by atoms with E-state index in [1.54, 1.807) is 19.2 Å². The molecular weight excluding hydrogens is 566 g/mol. The number of carbonyl (C=O) groups is 1. The molecule has 0 saturated carbocycles. The van der Waals surface area contributed by atoms with Crippen LogP contribution in [0.4, 0.5) is 10.2 Å². The number of rotatable bonds is 8. The summed E-state index contributed by atoms with van der Waals surface area (Å²) in [5, 5.41) is 3.99. The van der Waals surface area contributed by atoms with Gasteiger partial charge in [0.05, 0.1) is 18.4 Å². The number of likely N-dealkylation sites (tertiary alicyclic amines) is 1. The lowest BCUT2D eigenvalue weighted by Crippen LogP contribution is -2.48. The van der Waals surface area contributed by atoms with E-state index in [1.165, 1.54) is 0 Å². The number of anilines is 1. The van der Waals surface area contributed by atoms with Gasteiger partial charge in [0, 0.05) is 54.3 Å². The summed E-state index contributed by atoms with van der Waals surface area (Å²) in [5.41, 5.74) is 8.36. The number of halogens is 3. The maximum atomic E-state index is 14.1. The number of hydrogen-bond donors (Lipinski definition) is 2. The van der Waals surface area contributed by atoms with Crippen molar-refractivity contribution in [1.29, 1.82) is 0 Å². The fourth-order valence-corrected chi connectivity index (χ4v) is 5.85. The SMILES string of the molecule is CC(=O)NCC1CCN(Cc2cc(Oc3ccc(N4CC[C@@H](N)C(F)C4)nc3)nc(-c3cc(Cl)cc(Cl)c3)c2)CC1. The van der Waals surface area contributed by atoms with Gasteiger partial charge in [0.1, 0.15) is 17.7 Å². The van der Waals surface area contributed by atoms with Gasteiger partial charge in [-0.15, -0.1) is 0 Å². The lowest BCUT2D eigenvalue weighted by molar-refractivity contribution is -0.119. The van der Waals surface area contributed by atoms with E-state index >= 15 is 0 Å². The summed E-state index contributed by atoms with van der Waals surface area (Å²) in [6.45, 7) is 5.77. The highest BCUT2D eigenvalue weighted by molar-refractivity contribution is 6.35. The molecule has 0 spiro atoms. The minimum atomic E-state index is -1.07. The minimum absolute atomic E-state index is 0.0138. The summed E-state index contributed by atoms with van der Waals surface area (Å²) in [6.07, 6.45) is 3.18. The maximum Gasteiger partial charge on any atom is 0.220 e. The molecule has 2 aromatic heterocycles. The smallest absolute Gasteiger partial charge is 0.220 e. The van der Waals surface area contributed by atoms with Gasteiger partial charge in [-0.1, -0.05) is 23.2 Å². The number of hydrogen-bond acceptors (Lipinski definition) is 7. The highest BCUT2D eigenvalue weighted by atomic mass is 35.5. The Balaban J connectivity index is 1.33. The van der Waals surface area contributed by atoms with Crippen molar-refractivity contribution < 1.29 is 13.9 Å². The summed E-state index contributed by atoms with van der Waals surface area (Å²) < 4.78 is 20.3. The zero-order chi connectivity index (χ0) is 28.9. The van der Waals surface area contributed by atoms with E-state index in [1.807, 2.05) is 41.3 Å². The zero-order valence-electron chi connectivity index (χ0n) is 23.0. The molecule has 2 fully saturated rings. The van der Waals surface area contributed by atoms with Crippen LogP contribution in [0.3, 0.4) is 0 Å². The number of aromatic nitrogens is 2. The van der Waals surface area contributed by atoms with E-state index in [4.69, 9.17) is 38.7 Å². The van der Waals surface area contributed by atoms with Crippen LogP contribution >= 0.6 is 23.2 Å². The third kappa shape index (κ3) is 8.07.